The Morgan fingerprint density at radius 3 is 2.92 bits per heavy atom. The van der Waals surface area contributed by atoms with Crippen LogP contribution in [0.15, 0.2) is 12.4 Å². The summed E-state index contributed by atoms with van der Waals surface area (Å²) in [4.78, 5) is 8.50. The van der Waals surface area contributed by atoms with Gasteiger partial charge in [-0.05, 0) is 18.9 Å². The molecular formula is C10H15N3. The first-order valence-electron chi connectivity index (χ1n) is 4.83. The van der Waals surface area contributed by atoms with Crippen LogP contribution < -0.4 is 5.73 Å². The van der Waals surface area contributed by atoms with Gasteiger partial charge in [-0.2, -0.15) is 0 Å². The molecule has 2 N–H and O–H groups in total. The maximum atomic E-state index is 5.59. The van der Waals surface area contributed by atoms with Crippen LogP contribution in [0.1, 0.15) is 43.0 Å². The second-order valence-electron chi connectivity index (χ2n) is 3.78. The first-order chi connectivity index (χ1) is 6.31. The molecule has 0 radical (unpaired) electrons. The van der Waals surface area contributed by atoms with Crippen LogP contribution in [-0.2, 0) is 0 Å². The van der Waals surface area contributed by atoms with E-state index in [2.05, 4.69) is 23.0 Å². The molecule has 1 atom stereocenters. The van der Waals surface area contributed by atoms with E-state index in [0.29, 0.717) is 18.4 Å². The summed E-state index contributed by atoms with van der Waals surface area (Å²) in [5.41, 5.74) is 7.87. The zero-order chi connectivity index (χ0) is 9.26. The Kier molecular flexibility index (Phi) is 2.27. The van der Waals surface area contributed by atoms with Gasteiger partial charge in [0.2, 0.25) is 0 Å². The largest absolute Gasteiger partial charge is 0.330 e. The van der Waals surface area contributed by atoms with E-state index in [1.807, 2.05) is 0 Å². The molecule has 1 aliphatic carbocycles. The number of nitrogens with zero attached hydrogens (tertiary/aromatic N) is 2. The van der Waals surface area contributed by atoms with Crippen molar-refractivity contribution >= 4 is 0 Å². The van der Waals surface area contributed by atoms with Crippen molar-refractivity contribution in [1.29, 1.82) is 0 Å². The molecule has 1 fully saturated rings. The van der Waals surface area contributed by atoms with E-state index in [-0.39, 0.29) is 0 Å². The van der Waals surface area contributed by atoms with Crippen LogP contribution in [-0.4, -0.2) is 16.5 Å². The van der Waals surface area contributed by atoms with Crippen LogP contribution in [0.4, 0.5) is 0 Å². The molecule has 0 saturated heterocycles. The Balaban J connectivity index is 2.21. The molecule has 3 nitrogen and oxygen atoms in total. The van der Waals surface area contributed by atoms with Crippen molar-refractivity contribution in [1.82, 2.24) is 9.97 Å². The maximum absolute atomic E-state index is 5.59. The third-order valence-corrected chi connectivity index (χ3v) is 2.56. The number of rotatable bonds is 3. The highest BCUT2D eigenvalue weighted by Gasteiger charge is 2.25. The molecule has 1 aromatic heterocycles. The quantitative estimate of drug-likeness (QED) is 0.759. The van der Waals surface area contributed by atoms with Gasteiger partial charge < -0.3 is 5.73 Å². The van der Waals surface area contributed by atoms with Gasteiger partial charge in [-0.3, -0.25) is 0 Å². The van der Waals surface area contributed by atoms with Crippen molar-refractivity contribution in [3.63, 3.8) is 0 Å². The third-order valence-electron chi connectivity index (χ3n) is 2.56. The van der Waals surface area contributed by atoms with E-state index in [1.165, 1.54) is 18.5 Å². The molecule has 0 amide bonds. The highest BCUT2D eigenvalue weighted by molar-refractivity contribution is 5.19. The summed E-state index contributed by atoms with van der Waals surface area (Å²) in [6.45, 7) is 2.75. The van der Waals surface area contributed by atoms with Gasteiger partial charge in [0.25, 0.3) is 0 Å². The molecule has 1 saturated carbocycles. The molecule has 2 rings (SSSR count). The predicted molar refractivity (Wildman–Crippen MR) is 51.5 cm³/mol. The maximum Gasteiger partial charge on any atom is 0.115 e. The van der Waals surface area contributed by atoms with Crippen molar-refractivity contribution in [3.05, 3.63) is 23.8 Å². The van der Waals surface area contributed by atoms with Gasteiger partial charge in [0.05, 0.1) is 0 Å². The number of hydrogen-bond donors (Lipinski definition) is 1. The molecule has 13 heavy (non-hydrogen) atoms. The first-order valence-corrected chi connectivity index (χ1v) is 4.83. The highest BCUT2D eigenvalue weighted by Crippen LogP contribution is 2.39. The highest BCUT2D eigenvalue weighted by atomic mass is 14.9. The van der Waals surface area contributed by atoms with Crippen molar-refractivity contribution in [2.75, 3.05) is 6.54 Å². The molecule has 1 heterocycles. The topological polar surface area (TPSA) is 51.8 Å². The summed E-state index contributed by atoms with van der Waals surface area (Å²) < 4.78 is 0. The Hall–Kier alpha value is -0.960. The van der Waals surface area contributed by atoms with Gasteiger partial charge in [0.1, 0.15) is 6.33 Å². The first kappa shape index (κ1) is 8.63. The molecule has 0 spiro atoms. The Labute approximate surface area is 78.4 Å². The van der Waals surface area contributed by atoms with E-state index in [0.717, 1.165) is 5.69 Å². The van der Waals surface area contributed by atoms with Gasteiger partial charge in [0, 0.05) is 29.8 Å². The molecule has 0 aliphatic heterocycles. The molecule has 1 unspecified atom stereocenters. The van der Waals surface area contributed by atoms with Crippen molar-refractivity contribution in [2.24, 2.45) is 5.73 Å². The summed E-state index contributed by atoms with van der Waals surface area (Å²) in [7, 11) is 0. The smallest absolute Gasteiger partial charge is 0.115 e. The predicted octanol–water partition coefficient (Wildman–Crippen LogP) is 1.42. The summed E-state index contributed by atoms with van der Waals surface area (Å²) in [6.07, 6.45) is 4.23. The van der Waals surface area contributed by atoms with Gasteiger partial charge in [-0.25, -0.2) is 9.97 Å². The van der Waals surface area contributed by atoms with Gasteiger partial charge >= 0.3 is 0 Å². The number of hydrogen-bond acceptors (Lipinski definition) is 3. The zero-order valence-electron chi connectivity index (χ0n) is 7.90. The average Bonchev–Trinajstić information content (AvgIpc) is 3.00. The standard InChI is InChI=1S/C10H15N3/c1-7(5-11)9-4-10(8-2-3-8)13-6-12-9/h4,6-8H,2-3,5,11H2,1H3. The lowest BCUT2D eigenvalue weighted by molar-refractivity contribution is 0.734. The van der Waals surface area contributed by atoms with Gasteiger partial charge in [-0.15, -0.1) is 0 Å². The van der Waals surface area contributed by atoms with E-state index in [9.17, 15) is 0 Å². The SMILES string of the molecule is CC(CN)c1cc(C2CC2)ncn1. The molecular weight excluding hydrogens is 162 g/mol. The summed E-state index contributed by atoms with van der Waals surface area (Å²) in [5, 5.41) is 0. The fraction of sp³-hybridized carbons (Fsp3) is 0.600. The molecule has 1 aromatic rings. The van der Waals surface area contributed by atoms with E-state index < -0.39 is 0 Å². The third kappa shape index (κ3) is 1.86. The fourth-order valence-electron chi connectivity index (χ4n) is 1.38. The average molecular weight is 177 g/mol. The summed E-state index contributed by atoms with van der Waals surface area (Å²) >= 11 is 0. The zero-order valence-corrected chi connectivity index (χ0v) is 7.90. The monoisotopic (exact) mass is 177 g/mol. The molecule has 1 aliphatic rings. The fourth-order valence-corrected chi connectivity index (χ4v) is 1.38. The lowest BCUT2D eigenvalue weighted by Crippen LogP contribution is -2.11. The summed E-state index contributed by atoms with van der Waals surface area (Å²) in [5.74, 6) is 1.05. The molecule has 3 heteroatoms. The normalized spacial score (nSPS) is 18.6. The second kappa shape index (κ2) is 3.42. The van der Waals surface area contributed by atoms with Crippen LogP contribution >= 0.6 is 0 Å². The van der Waals surface area contributed by atoms with E-state index in [4.69, 9.17) is 5.73 Å². The minimum atomic E-state index is 0.348. The minimum absolute atomic E-state index is 0.348. The number of aromatic nitrogens is 2. The van der Waals surface area contributed by atoms with Crippen LogP contribution in [0.2, 0.25) is 0 Å². The second-order valence-corrected chi connectivity index (χ2v) is 3.78. The molecule has 70 valence electrons. The van der Waals surface area contributed by atoms with Gasteiger partial charge in [0.15, 0.2) is 0 Å². The Morgan fingerprint density at radius 2 is 2.31 bits per heavy atom. The van der Waals surface area contributed by atoms with Crippen LogP contribution in [0.25, 0.3) is 0 Å². The van der Waals surface area contributed by atoms with E-state index >= 15 is 0 Å². The summed E-state index contributed by atoms with van der Waals surface area (Å²) in [6, 6.07) is 2.11. The Bertz CT molecular complexity index is 294. The van der Waals surface area contributed by atoms with Crippen LogP contribution in [0.5, 0.6) is 0 Å². The van der Waals surface area contributed by atoms with E-state index in [1.54, 1.807) is 6.33 Å². The lowest BCUT2D eigenvalue weighted by atomic mass is 10.1. The van der Waals surface area contributed by atoms with Crippen molar-refractivity contribution in [3.8, 4) is 0 Å². The molecule has 0 bridgehead atoms. The van der Waals surface area contributed by atoms with Crippen molar-refractivity contribution in [2.45, 2.75) is 31.6 Å². The lowest BCUT2D eigenvalue weighted by Gasteiger charge is -2.07. The van der Waals surface area contributed by atoms with Crippen LogP contribution in [0.3, 0.4) is 0 Å². The van der Waals surface area contributed by atoms with Crippen molar-refractivity contribution < 1.29 is 0 Å². The Morgan fingerprint density at radius 1 is 1.54 bits per heavy atom. The number of nitrogens with two attached hydrogens (primary N) is 1. The van der Waals surface area contributed by atoms with Crippen LogP contribution in [0, 0.1) is 0 Å². The minimum Gasteiger partial charge on any atom is -0.330 e. The van der Waals surface area contributed by atoms with Gasteiger partial charge in [-0.1, -0.05) is 6.92 Å². The molecule has 0 aromatic carbocycles.